The quantitative estimate of drug-likeness (QED) is 0.587. The van der Waals surface area contributed by atoms with Crippen LogP contribution in [0.4, 0.5) is 0 Å². The van der Waals surface area contributed by atoms with E-state index in [1.165, 1.54) is 0 Å². The summed E-state index contributed by atoms with van der Waals surface area (Å²) in [5.74, 6) is 0.982. The van der Waals surface area contributed by atoms with Crippen molar-refractivity contribution >= 4 is 5.96 Å². The van der Waals surface area contributed by atoms with E-state index in [0.29, 0.717) is 6.04 Å². The molecule has 0 aromatic rings. The van der Waals surface area contributed by atoms with Crippen molar-refractivity contribution in [3.8, 4) is 0 Å². The number of nitrogens with one attached hydrogen (secondary N) is 1. The Morgan fingerprint density at radius 2 is 2.00 bits per heavy atom. The highest BCUT2D eigenvalue weighted by atomic mass is 16.5. The summed E-state index contributed by atoms with van der Waals surface area (Å²) < 4.78 is 11.7. The van der Waals surface area contributed by atoms with E-state index in [9.17, 15) is 0 Å². The molecule has 2 heterocycles. The fourth-order valence-electron chi connectivity index (χ4n) is 3.54. The summed E-state index contributed by atoms with van der Waals surface area (Å²) in [5, 5.41) is 3.54. The lowest BCUT2D eigenvalue weighted by Gasteiger charge is -2.37. The topological polar surface area (TPSA) is 49.3 Å². The summed E-state index contributed by atoms with van der Waals surface area (Å²) in [4.78, 5) is 9.24. The number of hydrogen-bond acceptors (Lipinski definition) is 4. The fraction of sp³-hybridized carbons (Fsp3) is 0.941. The maximum atomic E-state index is 5.93. The number of guanidine groups is 1. The monoisotopic (exact) mass is 326 g/mol. The lowest BCUT2D eigenvalue weighted by atomic mass is 10.1. The van der Waals surface area contributed by atoms with Gasteiger partial charge in [-0.2, -0.15) is 0 Å². The molecule has 6 heteroatoms. The van der Waals surface area contributed by atoms with Crippen molar-refractivity contribution < 1.29 is 9.47 Å². The molecule has 6 nitrogen and oxygen atoms in total. The van der Waals surface area contributed by atoms with Gasteiger partial charge in [-0.1, -0.05) is 13.8 Å². The highest BCUT2D eigenvalue weighted by Gasteiger charge is 2.32. The molecular weight excluding hydrogens is 292 g/mol. The zero-order valence-corrected chi connectivity index (χ0v) is 15.3. The minimum Gasteiger partial charge on any atom is -0.375 e. The van der Waals surface area contributed by atoms with Crippen LogP contribution in [0.1, 0.15) is 33.6 Å². The van der Waals surface area contributed by atoms with Crippen LogP contribution in [0, 0.1) is 0 Å². The number of likely N-dealkylation sites (N-methyl/N-ethyl adjacent to an activating group) is 1. The molecule has 0 saturated carbocycles. The van der Waals surface area contributed by atoms with Crippen molar-refractivity contribution in [2.75, 3.05) is 53.0 Å². The molecule has 2 aliphatic rings. The summed E-state index contributed by atoms with van der Waals surface area (Å²) in [6, 6.07) is 0.497. The third-order valence-corrected chi connectivity index (χ3v) is 4.98. The predicted octanol–water partition coefficient (Wildman–Crippen LogP) is 1.17. The smallest absolute Gasteiger partial charge is 0.193 e. The van der Waals surface area contributed by atoms with Gasteiger partial charge in [0.15, 0.2) is 5.96 Å². The summed E-state index contributed by atoms with van der Waals surface area (Å²) in [5.41, 5.74) is 0. The molecule has 0 amide bonds. The van der Waals surface area contributed by atoms with Crippen LogP contribution in [-0.2, 0) is 9.47 Å². The van der Waals surface area contributed by atoms with Gasteiger partial charge in [0.05, 0.1) is 12.7 Å². The van der Waals surface area contributed by atoms with Crippen LogP contribution in [0.3, 0.4) is 0 Å². The van der Waals surface area contributed by atoms with Crippen LogP contribution in [0.25, 0.3) is 0 Å². The molecule has 0 aromatic heterocycles. The van der Waals surface area contributed by atoms with Gasteiger partial charge in [-0.05, 0) is 32.9 Å². The van der Waals surface area contributed by atoms with Gasteiger partial charge in [0, 0.05) is 39.3 Å². The lowest BCUT2D eigenvalue weighted by Crippen LogP contribution is -2.54. The minimum atomic E-state index is 0.171. The Bertz CT molecular complexity index is 368. The van der Waals surface area contributed by atoms with E-state index >= 15 is 0 Å². The van der Waals surface area contributed by atoms with Gasteiger partial charge in [-0.25, -0.2) is 0 Å². The van der Waals surface area contributed by atoms with Crippen LogP contribution < -0.4 is 5.32 Å². The second-order valence-electron chi connectivity index (χ2n) is 6.41. The largest absolute Gasteiger partial charge is 0.375 e. The molecule has 2 fully saturated rings. The maximum Gasteiger partial charge on any atom is 0.193 e. The van der Waals surface area contributed by atoms with Crippen molar-refractivity contribution in [2.24, 2.45) is 4.99 Å². The van der Waals surface area contributed by atoms with Crippen LogP contribution in [0.2, 0.25) is 0 Å². The van der Waals surface area contributed by atoms with E-state index in [2.05, 4.69) is 40.9 Å². The Morgan fingerprint density at radius 3 is 2.61 bits per heavy atom. The second kappa shape index (κ2) is 9.45. The third-order valence-electron chi connectivity index (χ3n) is 4.98. The Kier molecular flexibility index (Phi) is 7.59. The average Bonchev–Trinajstić information content (AvgIpc) is 3.11. The van der Waals surface area contributed by atoms with E-state index in [1.54, 1.807) is 0 Å². The summed E-state index contributed by atoms with van der Waals surface area (Å²) >= 11 is 0. The molecule has 0 bridgehead atoms. The van der Waals surface area contributed by atoms with Gasteiger partial charge in [-0.15, -0.1) is 0 Å². The number of rotatable bonds is 6. The molecule has 2 aliphatic heterocycles. The van der Waals surface area contributed by atoms with E-state index in [4.69, 9.17) is 9.47 Å². The molecule has 0 radical (unpaired) electrons. The zero-order chi connectivity index (χ0) is 16.7. The molecule has 3 atom stereocenters. The number of ether oxygens (including phenoxy) is 2. The Balaban J connectivity index is 1.84. The van der Waals surface area contributed by atoms with Gasteiger partial charge in [-0.3, -0.25) is 9.89 Å². The summed E-state index contributed by atoms with van der Waals surface area (Å²) in [6.45, 7) is 13.1. The van der Waals surface area contributed by atoms with Gasteiger partial charge < -0.3 is 19.7 Å². The first-order valence-electron chi connectivity index (χ1n) is 9.12. The number of aliphatic imine (C=N–C) groups is 1. The van der Waals surface area contributed by atoms with Crippen LogP contribution in [0.15, 0.2) is 4.99 Å². The molecule has 0 spiro atoms. The maximum absolute atomic E-state index is 5.93. The van der Waals surface area contributed by atoms with Gasteiger partial charge in [0.1, 0.15) is 6.10 Å². The number of morpholine rings is 1. The van der Waals surface area contributed by atoms with E-state index < -0.39 is 0 Å². The molecule has 0 aromatic carbocycles. The second-order valence-corrected chi connectivity index (χ2v) is 6.41. The molecule has 0 aliphatic carbocycles. The average molecular weight is 326 g/mol. The van der Waals surface area contributed by atoms with Crippen LogP contribution >= 0.6 is 0 Å². The Morgan fingerprint density at radius 1 is 1.26 bits per heavy atom. The van der Waals surface area contributed by atoms with E-state index in [1.807, 2.05) is 7.05 Å². The van der Waals surface area contributed by atoms with Crippen molar-refractivity contribution in [2.45, 2.75) is 51.9 Å². The highest BCUT2D eigenvalue weighted by Crippen LogP contribution is 2.21. The van der Waals surface area contributed by atoms with Crippen molar-refractivity contribution in [3.05, 3.63) is 0 Å². The standard InChI is InChI=1S/C17H34N4O2/c1-5-20(6-2)14(3)12-19-17(18-4)21-9-11-23-16(13-21)15-8-7-10-22-15/h14-16H,5-13H2,1-4H3,(H,18,19). The SMILES string of the molecule is CCN(CC)C(C)CNC(=NC)N1CCOC(C2CCCO2)C1. The molecule has 134 valence electrons. The van der Waals surface area contributed by atoms with E-state index in [-0.39, 0.29) is 12.2 Å². The number of hydrogen-bond donors (Lipinski definition) is 1. The van der Waals surface area contributed by atoms with Crippen molar-refractivity contribution in [1.29, 1.82) is 0 Å². The van der Waals surface area contributed by atoms with Gasteiger partial charge in [0.2, 0.25) is 0 Å². The van der Waals surface area contributed by atoms with Crippen molar-refractivity contribution in [3.63, 3.8) is 0 Å². The summed E-state index contributed by atoms with van der Waals surface area (Å²) in [6.07, 6.45) is 2.69. The van der Waals surface area contributed by atoms with Crippen LogP contribution in [0.5, 0.6) is 0 Å². The van der Waals surface area contributed by atoms with Crippen LogP contribution in [-0.4, -0.2) is 87.0 Å². The first kappa shape index (κ1) is 18.5. The summed E-state index contributed by atoms with van der Waals surface area (Å²) in [7, 11) is 1.86. The lowest BCUT2D eigenvalue weighted by molar-refractivity contribution is -0.0817. The fourth-order valence-corrected chi connectivity index (χ4v) is 3.54. The molecule has 1 N–H and O–H groups in total. The highest BCUT2D eigenvalue weighted by molar-refractivity contribution is 5.80. The molecule has 2 rings (SSSR count). The van der Waals surface area contributed by atoms with Crippen molar-refractivity contribution in [1.82, 2.24) is 15.1 Å². The first-order valence-corrected chi connectivity index (χ1v) is 9.12. The molecule has 23 heavy (non-hydrogen) atoms. The van der Waals surface area contributed by atoms with Gasteiger partial charge >= 0.3 is 0 Å². The zero-order valence-electron chi connectivity index (χ0n) is 15.3. The Hall–Kier alpha value is -0.850. The molecular formula is C17H34N4O2. The normalized spacial score (nSPS) is 27.5. The third kappa shape index (κ3) is 5.06. The van der Waals surface area contributed by atoms with E-state index in [0.717, 1.165) is 64.7 Å². The number of nitrogens with zero attached hydrogens (tertiary/aromatic N) is 3. The predicted molar refractivity (Wildman–Crippen MR) is 94.0 cm³/mol. The molecule has 3 unspecified atom stereocenters. The molecule has 2 saturated heterocycles. The Labute approximate surface area is 141 Å². The first-order chi connectivity index (χ1) is 11.2. The van der Waals surface area contributed by atoms with Gasteiger partial charge in [0.25, 0.3) is 0 Å². The minimum absolute atomic E-state index is 0.171.